The highest BCUT2D eigenvalue weighted by Gasteiger charge is 2.21. The number of amides is 2. The summed E-state index contributed by atoms with van der Waals surface area (Å²) in [7, 11) is 0. The van der Waals surface area contributed by atoms with Gasteiger partial charge in [-0.3, -0.25) is 19.6 Å². The molecule has 0 fully saturated rings. The van der Waals surface area contributed by atoms with Crippen LogP contribution in [0.5, 0.6) is 0 Å². The van der Waals surface area contributed by atoms with Gasteiger partial charge in [-0.25, -0.2) is 5.48 Å². The number of hydroxylamine groups is 1. The molecule has 0 aliphatic heterocycles. The number of carboxylic acid groups (broad SMARTS) is 1. The summed E-state index contributed by atoms with van der Waals surface area (Å²) in [6.45, 7) is 0. The first-order valence-electron chi connectivity index (χ1n) is 7.02. The van der Waals surface area contributed by atoms with Crippen LogP contribution in [0.1, 0.15) is 31.2 Å². The summed E-state index contributed by atoms with van der Waals surface area (Å²) in [4.78, 5) is 33.7. The van der Waals surface area contributed by atoms with Crippen LogP contribution in [0.2, 0.25) is 0 Å². The highest BCUT2D eigenvalue weighted by Crippen LogP contribution is 2.05. The summed E-state index contributed by atoms with van der Waals surface area (Å²) in [6, 6.07) is 8.63. The van der Waals surface area contributed by atoms with Crippen LogP contribution in [-0.2, 0) is 20.8 Å². The van der Waals surface area contributed by atoms with E-state index in [1.165, 1.54) is 5.48 Å². The van der Waals surface area contributed by atoms with E-state index >= 15 is 0 Å². The molecule has 120 valence electrons. The second-order valence-corrected chi connectivity index (χ2v) is 4.87. The Kier molecular flexibility index (Phi) is 7.63. The van der Waals surface area contributed by atoms with Crippen LogP contribution in [-0.4, -0.2) is 34.1 Å². The molecule has 1 rings (SSSR count). The number of carbonyl (C=O) groups excluding carboxylic acids is 2. The highest BCUT2D eigenvalue weighted by molar-refractivity contribution is 5.87. The number of rotatable bonds is 9. The summed E-state index contributed by atoms with van der Waals surface area (Å²) in [5, 5.41) is 19.7. The van der Waals surface area contributed by atoms with Gasteiger partial charge in [0, 0.05) is 12.8 Å². The molecule has 1 atom stereocenters. The van der Waals surface area contributed by atoms with Gasteiger partial charge in [0.25, 0.3) is 5.91 Å². The van der Waals surface area contributed by atoms with Gasteiger partial charge in [0.15, 0.2) is 0 Å². The molecule has 0 saturated carbocycles. The Morgan fingerprint density at radius 1 is 1.09 bits per heavy atom. The molecule has 4 N–H and O–H groups in total. The number of carboxylic acids is 1. The standard InChI is InChI=1S/C15H20N2O5/c18-13(8-4-7-11-5-2-1-3-6-11)16-12(15(21)17-22)9-10-14(19)20/h1-3,5-6,12,22H,4,7-10H2,(H,16,18)(H,17,21)(H,19,20)/t12-/m1/s1. The van der Waals surface area contributed by atoms with Crippen molar-refractivity contribution in [1.29, 1.82) is 0 Å². The smallest absolute Gasteiger partial charge is 0.303 e. The van der Waals surface area contributed by atoms with Gasteiger partial charge in [0.05, 0.1) is 0 Å². The number of aliphatic carboxylic acids is 1. The number of hydrogen-bond acceptors (Lipinski definition) is 4. The average Bonchev–Trinajstić information content (AvgIpc) is 2.51. The number of benzene rings is 1. The average molecular weight is 308 g/mol. The summed E-state index contributed by atoms with van der Waals surface area (Å²) < 4.78 is 0. The lowest BCUT2D eigenvalue weighted by molar-refractivity contribution is -0.139. The van der Waals surface area contributed by atoms with Gasteiger partial charge in [-0.2, -0.15) is 0 Å². The van der Waals surface area contributed by atoms with E-state index in [-0.39, 0.29) is 25.2 Å². The maximum atomic E-state index is 11.8. The maximum Gasteiger partial charge on any atom is 0.303 e. The molecule has 0 aliphatic rings. The molecule has 22 heavy (non-hydrogen) atoms. The molecule has 7 nitrogen and oxygen atoms in total. The summed E-state index contributed by atoms with van der Waals surface area (Å²) >= 11 is 0. The van der Waals surface area contributed by atoms with Gasteiger partial charge in [-0.1, -0.05) is 30.3 Å². The zero-order valence-electron chi connectivity index (χ0n) is 12.1. The Morgan fingerprint density at radius 3 is 2.36 bits per heavy atom. The van der Waals surface area contributed by atoms with Gasteiger partial charge in [-0.15, -0.1) is 0 Å². The van der Waals surface area contributed by atoms with Gasteiger partial charge in [0.2, 0.25) is 5.91 Å². The lowest BCUT2D eigenvalue weighted by Crippen LogP contribution is -2.46. The molecule has 7 heteroatoms. The van der Waals surface area contributed by atoms with Crippen LogP contribution >= 0.6 is 0 Å². The predicted octanol–water partition coefficient (Wildman–Crippen LogP) is 0.864. The quantitative estimate of drug-likeness (QED) is 0.399. The van der Waals surface area contributed by atoms with Crippen LogP contribution in [0.15, 0.2) is 30.3 Å². The fraction of sp³-hybridized carbons (Fsp3) is 0.400. The van der Waals surface area contributed by atoms with Crippen LogP contribution in [0.25, 0.3) is 0 Å². The third-order valence-corrected chi connectivity index (χ3v) is 3.12. The topological polar surface area (TPSA) is 116 Å². The van der Waals surface area contributed by atoms with Gasteiger partial charge >= 0.3 is 5.97 Å². The molecule has 0 heterocycles. The third-order valence-electron chi connectivity index (χ3n) is 3.12. The van der Waals surface area contributed by atoms with Crippen molar-refractivity contribution in [3.05, 3.63) is 35.9 Å². The monoisotopic (exact) mass is 308 g/mol. The second-order valence-electron chi connectivity index (χ2n) is 4.87. The zero-order chi connectivity index (χ0) is 16.4. The molecule has 0 unspecified atom stereocenters. The SMILES string of the molecule is O=C(O)CC[C@@H](NC(=O)CCCc1ccccc1)C(=O)NO. The molecular weight excluding hydrogens is 288 g/mol. The number of aryl methyl sites for hydroxylation is 1. The lowest BCUT2D eigenvalue weighted by Gasteiger charge is -2.15. The molecule has 1 aromatic carbocycles. The second kappa shape index (κ2) is 9.51. The first kappa shape index (κ1) is 17.6. The van der Waals surface area contributed by atoms with Crippen LogP contribution in [0, 0.1) is 0 Å². The number of nitrogens with one attached hydrogen (secondary N) is 2. The van der Waals surface area contributed by atoms with E-state index in [1.54, 1.807) is 0 Å². The largest absolute Gasteiger partial charge is 0.481 e. The summed E-state index contributed by atoms with van der Waals surface area (Å²) in [6.07, 6.45) is 1.22. The minimum atomic E-state index is -1.07. The Balaban J connectivity index is 2.38. The lowest BCUT2D eigenvalue weighted by atomic mass is 10.1. The van der Waals surface area contributed by atoms with Crippen molar-refractivity contribution in [2.75, 3.05) is 0 Å². The van der Waals surface area contributed by atoms with Crippen molar-refractivity contribution in [3.8, 4) is 0 Å². The summed E-state index contributed by atoms with van der Waals surface area (Å²) in [5.74, 6) is -2.25. The van der Waals surface area contributed by atoms with Crippen molar-refractivity contribution in [1.82, 2.24) is 10.8 Å². The van der Waals surface area contributed by atoms with Crippen molar-refractivity contribution in [2.45, 2.75) is 38.1 Å². The van der Waals surface area contributed by atoms with Crippen LogP contribution in [0.3, 0.4) is 0 Å². The molecule has 2 amide bonds. The molecule has 0 aromatic heterocycles. The van der Waals surface area contributed by atoms with E-state index in [1.807, 2.05) is 30.3 Å². The van der Waals surface area contributed by atoms with E-state index in [0.717, 1.165) is 12.0 Å². The minimum Gasteiger partial charge on any atom is -0.481 e. The molecule has 0 saturated heterocycles. The maximum absolute atomic E-state index is 11.8. The van der Waals surface area contributed by atoms with Gasteiger partial charge in [0.1, 0.15) is 6.04 Å². The molecule has 0 bridgehead atoms. The van der Waals surface area contributed by atoms with Crippen molar-refractivity contribution < 1.29 is 24.7 Å². The highest BCUT2D eigenvalue weighted by atomic mass is 16.5. The Bertz CT molecular complexity index is 504. The fourth-order valence-corrected chi connectivity index (χ4v) is 1.98. The molecule has 0 spiro atoms. The molecule has 0 radical (unpaired) electrons. The Morgan fingerprint density at radius 2 is 1.77 bits per heavy atom. The van der Waals surface area contributed by atoms with E-state index in [2.05, 4.69) is 5.32 Å². The first-order chi connectivity index (χ1) is 10.5. The van der Waals surface area contributed by atoms with E-state index in [4.69, 9.17) is 10.3 Å². The normalized spacial score (nSPS) is 11.5. The van der Waals surface area contributed by atoms with Crippen LogP contribution < -0.4 is 10.8 Å². The fourth-order valence-electron chi connectivity index (χ4n) is 1.98. The summed E-state index contributed by atoms with van der Waals surface area (Å²) in [5.41, 5.74) is 2.55. The Labute approximate surface area is 128 Å². The van der Waals surface area contributed by atoms with E-state index in [0.29, 0.717) is 6.42 Å². The van der Waals surface area contributed by atoms with Crippen molar-refractivity contribution in [2.24, 2.45) is 0 Å². The van der Waals surface area contributed by atoms with E-state index in [9.17, 15) is 14.4 Å². The zero-order valence-corrected chi connectivity index (χ0v) is 12.1. The third kappa shape index (κ3) is 6.85. The molecular formula is C15H20N2O5. The minimum absolute atomic E-state index is 0.0772. The van der Waals surface area contributed by atoms with Gasteiger partial charge < -0.3 is 10.4 Å². The number of hydrogen-bond donors (Lipinski definition) is 4. The van der Waals surface area contributed by atoms with Gasteiger partial charge in [-0.05, 0) is 24.8 Å². The molecule has 1 aromatic rings. The Hall–Kier alpha value is -2.41. The first-order valence-corrected chi connectivity index (χ1v) is 7.02. The van der Waals surface area contributed by atoms with Crippen molar-refractivity contribution >= 4 is 17.8 Å². The van der Waals surface area contributed by atoms with E-state index < -0.39 is 17.9 Å². The van der Waals surface area contributed by atoms with Crippen LogP contribution in [0.4, 0.5) is 0 Å². The number of carbonyl (C=O) groups is 3. The predicted molar refractivity (Wildman–Crippen MR) is 78.1 cm³/mol. The van der Waals surface area contributed by atoms with Crippen molar-refractivity contribution in [3.63, 3.8) is 0 Å². The molecule has 0 aliphatic carbocycles.